The fourth-order valence-electron chi connectivity index (χ4n) is 1.99. The normalized spacial score (nSPS) is 12.4. The smallest absolute Gasteiger partial charge is 0.224 e. The molecule has 0 saturated heterocycles. The third-order valence-corrected chi connectivity index (χ3v) is 3.27. The predicted molar refractivity (Wildman–Crippen MR) is 82.8 cm³/mol. The zero-order chi connectivity index (χ0) is 14.5. The Labute approximate surface area is 126 Å². The molecule has 0 aliphatic carbocycles. The Kier molecular flexibility index (Phi) is 7.76. The lowest BCUT2D eigenvalue weighted by atomic mass is 9.84. The first kappa shape index (κ1) is 18.9. The van der Waals surface area contributed by atoms with Crippen molar-refractivity contribution in [3.8, 4) is 0 Å². The maximum atomic E-state index is 13.8. The first-order valence-corrected chi connectivity index (χ1v) is 6.56. The van der Waals surface area contributed by atoms with Crippen LogP contribution in [0.3, 0.4) is 0 Å². The summed E-state index contributed by atoms with van der Waals surface area (Å²) in [5.41, 5.74) is 0.192. The summed E-state index contributed by atoms with van der Waals surface area (Å²) in [6, 6.07) is 6.69. The van der Waals surface area contributed by atoms with Gasteiger partial charge in [-0.15, -0.1) is 12.4 Å². The summed E-state index contributed by atoms with van der Waals surface area (Å²) in [6.07, 6.45) is 0. The second-order valence-corrected chi connectivity index (χ2v) is 5.54. The van der Waals surface area contributed by atoms with Crippen LogP contribution < -0.4 is 10.6 Å². The fourth-order valence-corrected chi connectivity index (χ4v) is 1.99. The van der Waals surface area contributed by atoms with E-state index in [2.05, 4.69) is 10.6 Å². The van der Waals surface area contributed by atoms with Crippen LogP contribution in [0.1, 0.15) is 26.3 Å². The van der Waals surface area contributed by atoms with Crippen LogP contribution in [0.25, 0.3) is 0 Å². The molecule has 0 heterocycles. The average molecular weight is 303 g/mol. The van der Waals surface area contributed by atoms with Crippen LogP contribution in [0, 0.1) is 11.7 Å². The molecule has 3 nitrogen and oxygen atoms in total. The van der Waals surface area contributed by atoms with Crippen molar-refractivity contribution in [2.75, 3.05) is 20.1 Å². The summed E-state index contributed by atoms with van der Waals surface area (Å²) in [5, 5.41) is 5.85. The molecule has 0 spiro atoms. The molecule has 0 bridgehead atoms. The van der Waals surface area contributed by atoms with Gasteiger partial charge in [-0.1, -0.05) is 39.0 Å². The molecule has 114 valence electrons. The molecule has 1 aromatic carbocycles. The van der Waals surface area contributed by atoms with Crippen LogP contribution in [-0.2, 0) is 10.2 Å². The number of rotatable bonds is 6. The molecule has 20 heavy (non-hydrogen) atoms. The molecule has 1 unspecified atom stereocenters. The lowest BCUT2D eigenvalue weighted by molar-refractivity contribution is -0.124. The molecule has 0 aliphatic rings. The third kappa shape index (κ3) is 5.10. The molecule has 0 saturated carbocycles. The SMILES string of the molecule is CNCC(C)C(=O)NCC(C)(C)c1ccccc1F.Cl. The van der Waals surface area contributed by atoms with E-state index in [0.29, 0.717) is 18.7 Å². The van der Waals surface area contributed by atoms with Crippen molar-refractivity contribution in [1.29, 1.82) is 0 Å². The van der Waals surface area contributed by atoms with Crippen LogP contribution in [0.5, 0.6) is 0 Å². The zero-order valence-corrected chi connectivity index (χ0v) is 13.3. The fraction of sp³-hybridized carbons (Fsp3) is 0.533. The van der Waals surface area contributed by atoms with Gasteiger partial charge in [0.15, 0.2) is 0 Å². The minimum Gasteiger partial charge on any atom is -0.355 e. The number of halogens is 2. The van der Waals surface area contributed by atoms with Crippen LogP contribution in [-0.4, -0.2) is 26.0 Å². The van der Waals surface area contributed by atoms with Crippen molar-refractivity contribution in [2.45, 2.75) is 26.2 Å². The zero-order valence-electron chi connectivity index (χ0n) is 12.5. The molecule has 5 heteroatoms. The summed E-state index contributed by atoms with van der Waals surface area (Å²) < 4.78 is 13.8. The molecule has 1 atom stereocenters. The van der Waals surface area contributed by atoms with Crippen LogP contribution in [0.4, 0.5) is 4.39 Å². The Morgan fingerprint density at radius 3 is 2.50 bits per heavy atom. The lowest BCUT2D eigenvalue weighted by Gasteiger charge is -2.26. The highest BCUT2D eigenvalue weighted by Crippen LogP contribution is 2.24. The van der Waals surface area contributed by atoms with Gasteiger partial charge in [-0.3, -0.25) is 4.79 Å². The number of carbonyl (C=O) groups excluding carboxylic acids is 1. The highest BCUT2D eigenvalue weighted by Gasteiger charge is 2.25. The molecule has 0 radical (unpaired) electrons. The van der Waals surface area contributed by atoms with Gasteiger partial charge in [-0.2, -0.15) is 0 Å². The maximum Gasteiger partial charge on any atom is 0.224 e. The molecule has 1 amide bonds. The first-order valence-electron chi connectivity index (χ1n) is 6.56. The Bertz CT molecular complexity index is 438. The number of amides is 1. The molecule has 1 aromatic rings. The Morgan fingerprint density at radius 2 is 1.95 bits per heavy atom. The van der Waals surface area contributed by atoms with E-state index in [9.17, 15) is 9.18 Å². The second kappa shape index (κ2) is 8.22. The van der Waals surface area contributed by atoms with Gasteiger partial charge in [0.1, 0.15) is 5.82 Å². The van der Waals surface area contributed by atoms with E-state index in [1.165, 1.54) is 6.07 Å². The van der Waals surface area contributed by atoms with Crippen LogP contribution >= 0.6 is 12.4 Å². The van der Waals surface area contributed by atoms with E-state index in [4.69, 9.17) is 0 Å². The van der Waals surface area contributed by atoms with Gasteiger partial charge < -0.3 is 10.6 Å². The molecular weight excluding hydrogens is 279 g/mol. The van der Waals surface area contributed by atoms with Crippen molar-refractivity contribution in [3.63, 3.8) is 0 Å². The standard InChI is InChI=1S/C15H23FN2O.ClH/c1-11(9-17-4)14(19)18-10-15(2,3)12-7-5-6-8-13(12)16;/h5-8,11,17H,9-10H2,1-4H3,(H,18,19);1H. The number of nitrogens with one attached hydrogen (secondary N) is 2. The Balaban J connectivity index is 0.00000361. The van der Waals surface area contributed by atoms with E-state index in [1.54, 1.807) is 12.1 Å². The predicted octanol–water partition coefficient (Wildman–Crippen LogP) is 2.50. The van der Waals surface area contributed by atoms with Crippen LogP contribution in [0.15, 0.2) is 24.3 Å². The number of benzene rings is 1. The topological polar surface area (TPSA) is 41.1 Å². The minimum atomic E-state index is -0.430. The van der Waals surface area contributed by atoms with Gasteiger partial charge in [0.05, 0.1) is 0 Å². The average Bonchev–Trinajstić information content (AvgIpc) is 2.36. The summed E-state index contributed by atoms with van der Waals surface area (Å²) in [7, 11) is 1.81. The Hall–Kier alpha value is -1.13. The Morgan fingerprint density at radius 1 is 1.35 bits per heavy atom. The van der Waals surface area contributed by atoms with Gasteiger partial charge in [0.25, 0.3) is 0 Å². The monoisotopic (exact) mass is 302 g/mol. The molecule has 2 N–H and O–H groups in total. The van der Waals surface area contributed by atoms with Gasteiger partial charge in [0.2, 0.25) is 5.91 Å². The summed E-state index contributed by atoms with van der Waals surface area (Å²) in [6.45, 7) is 6.76. The van der Waals surface area contributed by atoms with Gasteiger partial charge in [-0.25, -0.2) is 4.39 Å². The highest BCUT2D eigenvalue weighted by atomic mass is 35.5. The van der Waals surface area contributed by atoms with Crippen molar-refractivity contribution in [1.82, 2.24) is 10.6 Å². The third-order valence-electron chi connectivity index (χ3n) is 3.27. The molecule has 0 fully saturated rings. The summed E-state index contributed by atoms with van der Waals surface area (Å²) in [4.78, 5) is 11.9. The van der Waals surface area contributed by atoms with Gasteiger partial charge >= 0.3 is 0 Å². The molecular formula is C15H24ClFN2O. The molecule has 1 rings (SSSR count). The minimum absolute atomic E-state index is 0. The van der Waals surface area contributed by atoms with E-state index >= 15 is 0 Å². The highest BCUT2D eigenvalue weighted by molar-refractivity contribution is 5.85. The number of hydrogen-bond donors (Lipinski definition) is 2. The molecule has 0 aliphatic heterocycles. The second-order valence-electron chi connectivity index (χ2n) is 5.54. The lowest BCUT2D eigenvalue weighted by Crippen LogP contribution is -2.41. The number of carbonyl (C=O) groups is 1. The van der Waals surface area contributed by atoms with E-state index in [-0.39, 0.29) is 30.0 Å². The summed E-state index contributed by atoms with van der Waals surface area (Å²) >= 11 is 0. The first-order chi connectivity index (χ1) is 8.88. The maximum absolute atomic E-state index is 13.8. The van der Waals surface area contributed by atoms with Crippen molar-refractivity contribution in [3.05, 3.63) is 35.6 Å². The van der Waals surface area contributed by atoms with Gasteiger partial charge in [-0.05, 0) is 18.7 Å². The van der Waals surface area contributed by atoms with Gasteiger partial charge in [0, 0.05) is 24.4 Å². The van der Waals surface area contributed by atoms with Crippen molar-refractivity contribution in [2.24, 2.45) is 5.92 Å². The number of hydrogen-bond acceptors (Lipinski definition) is 2. The quantitative estimate of drug-likeness (QED) is 0.848. The largest absolute Gasteiger partial charge is 0.355 e. The van der Waals surface area contributed by atoms with E-state index in [0.717, 1.165) is 0 Å². The summed E-state index contributed by atoms with van der Waals surface area (Å²) in [5.74, 6) is -0.342. The van der Waals surface area contributed by atoms with Crippen molar-refractivity contribution < 1.29 is 9.18 Å². The molecule has 0 aromatic heterocycles. The van der Waals surface area contributed by atoms with E-state index < -0.39 is 5.41 Å². The van der Waals surface area contributed by atoms with E-state index in [1.807, 2.05) is 33.9 Å². The van der Waals surface area contributed by atoms with Crippen LogP contribution in [0.2, 0.25) is 0 Å². The van der Waals surface area contributed by atoms with Crippen molar-refractivity contribution >= 4 is 18.3 Å².